The number of hydrogen-bond donors (Lipinski definition) is 0. The van der Waals surface area contributed by atoms with Gasteiger partial charge in [-0.25, -0.2) is 8.78 Å². The van der Waals surface area contributed by atoms with Gasteiger partial charge in [-0.1, -0.05) is 173 Å². The first-order chi connectivity index (χ1) is 30.9. The standard InChI is InChI=1S/C31H47F.C30H45F/c1-3-5-7-9-10-25-14-19-28(20-15-25)29-21-16-26(17-22-29)12-13-27-18-23-30(31(32)24-27)11-8-6-4-2;1-3-5-7-9-24-13-18-27(19-14-24)28-20-15-25(16-21-28)11-12-26-17-22-29(30(31)23-26)10-8-6-4-2/h18,23-26,28-29H,3-11,14-17,19-22H2,1-2H3;17,22-25,27-28H,3-10,13-16,18-21H2,1-2H3. The molecule has 0 unspecified atom stereocenters. The molecule has 4 fully saturated rings. The van der Waals surface area contributed by atoms with Gasteiger partial charge in [-0.15, -0.1) is 0 Å². The van der Waals surface area contributed by atoms with Gasteiger partial charge in [0.1, 0.15) is 11.6 Å². The van der Waals surface area contributed by atoms with E-state index in [9.17, 15) is 8.78 Å². The fourth-order valence-corrected chi connectivity index (χ4v) is 12.1. The maximum absolute atomic E-state index is 14.4. The first-order valence-corrected chi connectivity index (χ1v) is 27.5. The number of rotatable bonds is 19. The summed E-state index contributed by atoms with van der Waals surface area (Å²) in [4.78, 5) is 0. The molecule has 6 rings (SSSR count). The molecule has 2 heteroatoms. The summed E-state index contributed by atoms with van der Waals surface area (Å²) in [5.74, 6) is 20.3. The molecule has 0 atom stereocenters. The molecular formula is C61H92F2. The minimum Gasteiger partial charge on any atom is -0.207 e. The highest BCUT2D eigenvalue weighted by Gasteiger charge is 2.32. The highest BCUT2D eigenvalue weighted by molar-refractivity contribution is 5.38. The molecule has 0 aromatic heterocycles. The van der Waals surface area contributed by atoms with Gasteiger partial charge in [-0.2, -0.15) is 0 Å². The minimum absolute atomic E-state index is 0.0717. The maximum atomic E-state index is 14.4. The first kappa shape index (κ1) is 51.4. The third-order valence-electron chi connectivity index (χ3n) is 16.4. The molecule has 350 valence electrons. The fourth-order valence-electron chi connectivity index (χ4n) is 12.1. The summed E-state index contributed by atoms with van der Waals surface area (Å²) in [5.41, 5.74) is 3.39. The number of unbranched alkanes of at least 4 members (excludes halogenated alkanes) is 9. The first-order valence-electron chi connectivity index (χ1n) is 27.5. The highest BCUT2D eigenvalue weighted by atomic mass is 19.1. The molecule has 0 radical (unpaired) electrons. The van der Waals surface area contributed by atoms with Crippen LogP contribution in [0.3, 0.4) is 0 Å². The van der Waals surface area contributed by atoms with Crippen molar-refractivity contribution in [2.24, 2.45) is 47.3 Å². The minimum atomic E-state index is -0.0723. The van der Waals surface area contributed by atoms with Crippen LogP contribution < -0.4 is 0 Å². The number of halogens is 2. The van der Waals surface area contributed by atoms with Crippen LogP contribution in [0.15, 0.2) is 36.4 Å². The average Bonchev–Trinajstić information content (AvgIpc) is 3.31. The number of aryl methyl sites for hydroxylation is 2. The lowest BCUT2D eigenvalue weighted by atomic mass is 9.69. The Kier molecular flexibility index (Phi) is 24.4. The summed E-state index contributed by atoms with van der Waals surface area (Å²) in [6.45, 7) is 8.98. The predicted molar refractivity (Wildman–Crippen MR) is 268 cm³/mol. The van der Waals surface area contributed by atoms with Gasteiger partial charge in [-0.05, 0) is 174 Å². The van der Waals surface area contributed by atoms with Crippen molar-refractivity contribution in [1.82, 2.24) is 0 Å². The van der Waals surface area contributed by atoms with E-state index in [1.807, 2.05) is 24.3 Å². The predicted octanol–water partition coefficient (Wildman–Crippen LogP) is 18.6. The van der Waals surface area contributed by atoms with Gasteiger partial charge in [-0.3, -0.25) is 0 Å². The van der Waals surface area contributed by atoms with E-state index in [2.05, 4.69) is 51.4 Å². The van der Waals surface area contributed by atoms with Crippen molar-refractivity contribution in [1.29, 1.82) is 0 Å². The van der Waals surface area contributed by atoms with Crippen molar-refractivity contribution >= 4 is 0 Å². The van der Waals surface area contributed by atoms with Crippen molar-refractivity contribution in [2.75, 3.05) is 0 Å². The molecule has 0 spiro atoms. The highest BCUT2D eigenvalue weighted by Crippen LogP contribution is 2.44. The third-order valence-corrected chi connectivity index (χ3v) is 16.4. The Morgan fingerprint density at radius 1 is 0.397 bits per heavy atom. The van der Waals surface area contributed by atoms with E-state index in [0.29, 0.717) is 11.8 Å². The van der Waals surface area contributed by atoms with E-state index < -0.39 is 0 Å². The Labute approximate surface area is 388 Å². The van der Waals surface area contributed by atoms with Crippen LogP contribution >= 0.6 is 0 Å². The van der Waals surface area contributed by atoms with Crippen LogP contribution in [0.2, 0.25) is 0 Å². The van der Waals surface area contributed by atoms with Gasteiger partial charge < -0.3 is 0 Å². The maximum Gasteiger partial charge on any atom is 0.127 e. The van der Waals surface area contributed by atoms with Gasteiger partial charge in [0.15, 0.2) is 0 Å². The average molecular weight is 863 g/mol. The van der Waals surface area contributed by atoms with Crippen molar-refractivity contribution in [2.45, 2.75) is 240 Å². The summed E-state index contributed by atoms with van der Waals surface area (Å²) in [7, 11) is 0. The van der Waals surface area contributed by atoms with Crippen LogP contribution in [0.1, 0.15) is 249 Å². The van der Waals surface area contributed by atoms with Gasteiger partial charge in [0.2, 0.25) is 0 Å². The molecule has 63 heavy (non-hydrogen) atoms. The van der Waals surface area contributed by atoms with Crippen molar-refractivity contribution in [3.63, 3.8) is 0 Å². The van der Waals surface area contributed by atoms with Crippen LogP contribution in [0.25, 0.3) is 0 Å². The van der Waals surface area contributed by atoms with Crippen LogP contribution in [0, 0.1) is 82.7 Å². The summed E-state index contributed by atoms with van der Waals surface area (Å²) >= 11 is 0. The monoisotopic (exact) mass is 863 g/mol. The molecule has 0 saturated heterocycles. The van der Waals surface area contributed by atoms with Crippen molar-refractivity contribution < 1.29 is 8.78 Å². The van der Waals surface area contributed by atoms with Gasteiger partial charge in [0.05, 0.1) is 0 Å². The van der Waals surface area contributed by atoms with E-state index in [1.54, 1.807) is 12.1 Å². The SMILES string of the molecule is CCCCCCC1CCC(C2CCC(C#Cc3ccc(CCCCC)c(F)c3)CC2)CC1.CCCCCc1ccc(C#CC2CCC(C3CCC(CCCCC)CC3)CC2)cc1F. The Balaban J connectivity index is 0.000000238. The van der Waals surface area contributed by atoms with Gasteiger partial charge in [0.25, 0.3) is 0 Å². The van der Waals surface area contributed by atoms with E-state index >= 15 is 0 Å². The normalized spacial score (nSPS) is 26.1. The van der Waals surface area contributed by atoms with Crippen molar-refractivity contribution in [3.8, 4) is 23.7 Å². The van der Waals surface area contributed by atoms with Crippen LogP contribution in [0.5, 0.6) is 0 Å². The van der Waals surface area contributed by atoms with E-state index in [-0.39, 0.29) is 11.6 Å². The lowest BCUT2D eigenvalue weighted by molar-refractivity contribution is 0.153. The molecule has 0 aliphatic heterocycles. The molecule has 0 N–H and O–H groups in total. The van der Waals surface area contributed by atoms with Crippen LogP contribution in [0.4, 0.5) is 8.78 Å². The Morgan fingerprint density at radius 2 is 0.730 bits per heavy atom. The number of hydrogen-bond acceptors (Lipinski definition) is 0. The fraction of sp³-hybridized carbons (Fsp3) is 0.738. The molecule has 0 amide bonds. The second-order valence-electron chi connectivity index (χ2n) is 21.2. The zero-order valence-electron chi connectivity index (χ0n) is 41.2. The lowest BCUT2D eigenvalue weighted by Crippen LogP contribution is -2.25. The second-order valence-corrected chi connectivity index (χ2v) is 21.2. The Hall–Kier alpha value is -2.58. The lowest BCUT2D eigenvalue weighted by Gasteiger charge is -2.37. The summed E-state index contributed by atoms with van der Waals surface area (Å²) in [5, 5.41) is 0. The van der Waals surface area contributed by atoms with Gasteiger partial charge >= 0.3 is 0 Å². The molecule has 2 aromatic carbocycles. The topological polar surface area (TPSA) is 0 Å². The molecule has 2 aromatic rings. The van der Waals surface area contributed by atoms with Gasteiger partial charge in [0, 0.05) is 23.0 Å². The zero-order chi connectivity index (χ0) is 44.5. The molecule has 4 aliphatic rings. The third kappa shape index (κ3) is 18.7. The Bertz CT molecular complexity index is 1650. The summed E-state index contributed by atoms with van der Waals surface area (Å²) in [6.07, 6.45) is 43.6. The molecular weight excluding hydrogens is 771 g/mol. The Morgan fingerprint density at radius 3 is 1.10 bits per heavy atom. The van der Waals surface area contributed by atoms with E-state index in [1.165, 1.54) is 186 Å². The summed E-state index contributed by atoms with van der Waals surface area (Å²) in [6, 6.07) is 11.2. The molecule has 4 aliphatic carbocycles. The quantitative estimate of drug-likeness (QED) is 0.0975. The molecule has 4 saturated carbocycles. The molecule has 0 nitrogen and oxygen atoms in total. The molecule has 0 bridgehead atoms. The second kappa shape index (κ2) is 29.9. The zero-order valence-corrected chi connectivity index (χ0v) is 41.2. The summed E-state index contributed by atoms with van der Waals surface area (Å²) < 4.78 is 28.7. The van der Waals surface area contributed by atoms with E-state index in [4.69, 9.17) is 0 Å². The smallest absolute Gasteiger partial charge is 0.127 e. The molecule has 0 heterocycles. The number of benzene rings is 2. The van der Waals surface area contributed by atoms with Crippen LogP contribution in [-0.4, -0.2) is 0 Å². The van der Waals surface area contributed by atoms with E-state index in [0.717, 1.165) is 83.4 Å². The van der Waals surface area contributed by atoms with Crippen LogP contribution in [-0.2, 0) is 12.8 Å². The largest absolute Gasteiger partial charge is 0.207 e. The van der Waals surface area contributed by atoms with Crippen molar-refractivity contribution in [3.05, 3.63) is 70.3 Å².